The molecule has 2 aromatic heterocycles. The van der Waals surface area contributed by atoms with Crippen molar-refractivity contribution in [3.05, 3.63) is 35.5 Å². The van der Waals surface area contributed by atoms with Gasteiger partial charge in [0.15, 0.2) is 4.96 Å². The molecule has 0 radical (unpaired) electrons. The zero-order valence-electron chi connectivity index (χ0n) is 11.7. The Morgan fingerprint density at radius 2 is 2.05 bits per heavy atom. The van der Waals surface area contributed by atoms with Gasteiger partial charge in [-0.25, -0.2) is 4.98 Å². The Bertz CT molecular complexity index is 714. The minimum atomic E-state index is 0.798. The molecule has 20 heavy (non-hydrogen) atoms. The molecule has 0 fully saturated rings. The highest BCUT2D eigenvalue weighted by molar-refractivity contribution is 7.17. The molecule has 0 aliphatic carbocycles. The number of aromatic nitrogens is 2. The molecule has 2 heterocycles. The first-order valence-electron chi connectivity index (χ1n) is 6.45. The molecular weight excluding hydrogens is 272 g/mol. The van der Waals surface area contributed by atoms with Crippen molar-refractivity contribution in [2.45, 2.75) is 13.3 Å². The van der Waals surface area contributed by atoms with Gasteiger partial charge in [0.25, 0.3) is 0 Å². The predicted molar refractivity (Wildman–Crippen MR) is 81.0 cm³/mol. The average molecular weight is 288 g/mol. The Labute approximate surface area is 121 Å². The summed E-state index contributed by atoms with van der Waals surface area (Å²) < 4.78 is 12.8. The van der Waals surface area contributed by atoms with Crippen LogP contribution >= 0.6 is 11.3 Å². The lowest BCUT2D eigenvalue weighted by atomic mass is 10.1. The van der Waals surface area contributed by atoms with E-state index in [-0.39, 0.29) is 0 Å². The third-order valence-corrected chi connectivity index (χ3v) is 4.38. The van der Waals surface area contributed by atoms with E-state index < -0.39 is 0 Å². The SMILES string of the molecule is CCc1cn2cc(-c3cc(OC)ccc3OC)nc2s1. The summed E-state index contributed by atoms with van der Waals surface area (Å²) in [6.07, 6.45) is 5.19. The van der Waals surface area contributed by atoms with Crippen molar-refractivity contribution in [2.24, 2.45) is 0 Å². The summed E-state index contributed by atoms with van der Waals surface area (Å²) in [4.78, 5) is 7.01. The maximum absolute atomic E-state index is 5.42. The summed E-state index contributed by atoms with van der Waals surface area (Å²) in [5.74, 6) is 1.60. The van der Waals surface area contributed by atoms with Gasteiger partial charge in [0.1, 0.15) is 11.5 Å². The van der Waals surface area contributed by atoms with E-state index >= 15 is 0 Å². The van der Waals surface area contributed by atoms with Crippen molar-refractivity contribution >= 4 is 16.3 Å². The minimum Gasteiger partial charge on any atom is -0.497 e. The van der Waals surface area contributed by atoms with Crippen LogP contribution in [0.15, 0.2) is 30.6 Å². The molecule has 0 amide bonds. The molecule has 0 aliphatic rings. The normalized spacial score (nSPS) is 10.9. The fraction of sp³-hybridized carbons (Fsp3) is 0.267. The van der Waals surface area contributed by atoms with Crippen LogP contribution in [0.5, 0.6) is 11.5 Å². The number of hydrogen-bond donors (Lipinski definition) is 0. The molecule has 0 saturated carbocycles. The van der Waals surface area contributed by atoms with Crippen molar-refractivity contribution in [3.8, 4) is 22.8 Å². The Kier molecular flexibility index (Phi) is 3.36. The number of fused-ring (bicyclic) bond motifs is 1. The van der Waals surface area contributed by atoms with E-state index in [2.05, 4.69) is 22.5 Å². The number of aryl methyl sites for hydroxylation is 1. The van der Waals surface area contributed by atoms with Crippen molar-refractivity contribution < 1.29 is 9.47 Å². The topological polar surface area (TPSA) is 35.8 Å². The van der Waals surface area contributed by atoms with Gasteiger partial charge in [-0.15, -0.1) is 11.3 Å². The Morgan fingerprint density at radius 3 is 2.70 bits per heavy atom. The van der Waals surface area contributed by atoms with E-state index in [1.54, 1.807) is 25.6 Å². The summed E-state index contributed by atoms with van der Waals surface area (Å²) in [6, 6.07) is 5.74. The van der Waals surface area contributed by atoms with Gasteiger partial charge in [-0.1, -0.05) is 6.92 Å². The summed E-state index contributed by atoms with van der Waals surface area (Å²) in [5.41, 5.74) is 1.84. The van der Waals surface area contributed by atoms with Crippen LogP contribution in [0.25, 0.3) is 16.2 Å². The van der Waals surface area contributed by atoms with Gasteiger partial charge in [-0.2, -0.15) is 0 Å². The molecule has 0 saturated heterocycles. The van der Waals surface area contributed by atoms with E-state index in [1.807, 2.05) is 24.4 Å². The van der Waals surface area contributed by atoms with Crippen LogP contribution in [0, 0.1) is 0 Å². The van der Waals surface area contributed by atoms with E-state index in [9.17, 15) is 0 Å². The quantitative estimate of drug-likeness (QED) is 0.735. The van der Waals surface area contributed by atoms with Crippen molar-refractivity contribution in [1.29, 1.82) is 0 Å². The summed E-state index contributed by atoms with van der Waals surface area (Å²) in [6.45, 7) is 2.15. The lowest BCUT2D eigenvalue weighted by Gasteiger charge is -2.08. The standard InChI is InChI=1S/C15H16N2O2S/c1-4-11-8-17-9-13(16-15(17)20-11)12-7-10(18-2)5-6-14(12)19-3/h5-9H,4H2,1-3H3. The van der Waals surface area contributed by atoms with Crippen LogP contribution in [-0.2, 0) is 6.42 Å². The maximum atomic E-state index is 5.42. The van der Waals surface area contributed by atoms with E-state index in [0.29, 0.717) is 0 Å². The molecule has 3 rings (SSSR count). The fourth-order valence-corrected chi connectivity index (χ4v) is 3.05. The molecule has 4 nitrogen and oxygen atoms in total. The minimum absolute atomic E-state index is 0.798. The van der Waals surface area contributed by atoms with Gasteiger partial charge in [-0.05, 0) is 24.6 Å². The van der Waals surface area contributed by atoms with Gasteiger partial charge >= 0.3 is 0 Å². The molecule has 5 heteroatoms. The highest BCUT2D eigenvalue weighted by atomic mass is 32.1. The highest BCUT2D eigenvalue weighted by Crippen LogP contribution is 2.33. The van der Waals surface area contributed by atoms with Crippen LogP contribution in [0.4, 0.5) is 0 Å². The maximum Gasteiger partial charge on any atom is 0.194 e. The molecule has 0 N–H and O–H groups in total. The molecule has 1 aromatic carbocycles. The van der Waals surface area contributed by atoms with Crippen molar-refractivity contribution in [3.63, 3.8) is 0 Å². The van der Waals surface area contributed by atoms with E-state index in [0.717, 1.165) is 34.1 Å². The van der Waals surface area contributed by atoms with Crippen LogP contribution < -0.4 is 9.47 Å². The molecular formula is C15H16N2O2S. The Morgan fingerprint density at radius 1 is 1.20 bits per heavy atom. The molecule has 0 bridgehead atoms. The number of hydrogen-bond acceptors (Lipinski definition) is 4. The van der Waals surface area contributed by atoms with Crippen LogP contribution in [0.3, 0.4) is 0 Å². The van der Waals surface area contributed by atoms with Gasteiger partial charge in [-0.3, -0.25) is 4.40 Å². The largest absolute Gasteiger partial charge is 0.497 e. The van der Waals surface area contributed by atoms with E-state index in [4.69, 9.17) is 9.47 Å². The van der Waals surface area contributed by atoms with Gasteiger partial charge in [0, 0.05) is 22.8 Å². The smallest absolute Gasteiger partial charge is 0.194 e. The van der Waals surface area contributed by atoms with E-state index in [1.165, 1.54) is 4.88 Å². The monoisotopic (exact) mass is 288 g/mol. The Hall–Kier alpha value is -2.01. The number of rotatable bonds is 4. The summed E-state index contributed by atoms with van der Waals surface area (Å²) >= 11 is 1.72. The van der Waals surface area contributed by atoms with Gasteiger partial charge < -0.3 is 9.47 Å². The molecule has 0 aliphatic heterocycles. The second-order valence-corrected chi connectivity index (χ2v) is 5.53. The fourth-order valence-electron chi connectivity index (χ4n) is 2.15. The van der Waals surface area contributed by atoms with Crippen molar-refractivity contribution in [1.82, 2.24) is 9.38 Å². The highest BCUT2D eigenvalue weighted by Gasteiger charge is 2.13. The zero-order valence-corrected chi connectivity index (χ0v) is 12.5. The second-order valence-electron chi connectivity index (χ2n) is 4.43. The number of ether oxygens (including phenoxy) is 2. The number of imidazole rings is 1. The predicted octanol–water partition coefficient (Wildman–Crippen LogP) is 3.64. The number of thiazole rings is 1. The average Bonchev–Trinajstić information content (AvgIpc) is 3.04. The van der Waals surface area contributed by atoms with Crippen molar-refractivity contribution in [2.75, 3.05) is 14.2 Å². The first-order valence-corrected chi connectivity index (χ1v) is 7.26. The molecule has 3 aromatic rings. The summed E-state index contributed by atoms with van der Waals surface area (Å²) in [5, 5.41) is 0. The second kappa shape index (κ2) is 5.17. The Balaban J connectivity index is 2.11. The van der Waals surface area contributed by atoms with Crippen LogP contribution in [0.2, 0.25) is 0 Å². The van der Waals surface area contributed by atoms with Crippen LogP contribution in [0.1, 0.15) is 11.8 Å². The van der Waals surface area contributed by atoms with Gasteiger partial charge in [0.2, 0.25) is 0 Å². The first kappa shape index (κ1) is 13.0. The first-order chi connectivity index (χ1) is 9.75. The van der Waals surface area contributed by atoms with Crippen LogP contribution in [-0.4, -0.2) is 23.6 Å². The molecule has 104 valence electrons. The number of benzene rings is 1. The summed E-state index contributed by atoms with van der Waals surface area (Å²) in [7, 11) is 3.32. The number of methoxy groups -OCH3 is 2. The number of nitrogens with zero attached hydrogens (tertiary/aromatic N) is 2. The third kappa shape index (κ3) is 2.14. The lowest BCUT2D eigenvalue weighted by Crippen LogP contribution is -1.90. The lowest BCUT2D eigenvalue weighted by molar-refractivity contribution is 0.404. The molecule has 0 atom stereocenters. The zero-order chi connectivity index (χ0) is 14.1. The third-order valence-electron chi connectivity index (χ3n) is 3.23. The van der Waals surface area contributed by atoms with Gasteiger partial charge in [0.05, 0.1) is 19.9 Å². The molecule has 0 spiro atoms. The molecule has 0 unspecified atom stereocenters.